The first-order valence-electron chi connectivity index (χ1n) is 14.2. The van der Waals surface area contributed by atoms with Crippen LogP contribution in [-0.2, 0) is 0 Å². The van der Waals surface area contributed by atoms with Crippen LogP contribution in [0, 0.1) is 0 Å². The molecule has 0 spiro atoms. The Balaban J connectivity index is 1.39. The fourth-order valence-corrected chi connectivity index (χ4v) is 4.46. The molecule has 0 amide bonds. The molecule has 0 unspecified atom stereocenters. The Morgan fingerprint density at radius 2 is 1.11 bits per heavy atom. The topological polar surface area (TPSA) is 122 Å². The van der Waals surface area contributed by atoms with Crippen molar-refractivity contribution in [2.45, 2.75) is 0 Å². The lowest BCUT2D eigenvalue weighted by Gasteiger charge is -2.13. The average molecular weight is 592 g/mol. The minimum absolute atomic E-state index is 0.232. The Hall–Kier alpha value is -6.42. The van der Waals surface area contributed by atoms with Gasteiger partial charge >= 0.3 is 0 Å². The zero-order valence-electron chi connectivity index (χ0n) is 24.4. The molecule has 6 aromatic rings. The van der Waals surface area contributed by atoms with Gasteiger partial charge in [0.25, 0.3) is 0 Å². The second-order valence-corrected chi connectivity index (χ2v) is 9.59. The van der Waals surface area contributed by atoms with Gasteiger partial charge in [-0.2, -0.15) is 20.2 Å². The first kappa shape index (κ1) is 28.7. The lowest BCUT2D eigenvalue weighted by Crippen LogP contribution is -2.11. The standard InChI is InChI=1S/C35H29N9O/c1-45-30-21-9-8-18-27(30)38-31-24-32(41-42-33(25-14-4-2-5-15-25)28-19-10-12-22-36-28)40-35(39-31)44-43-34(26-16-6-3-7-17-26)29-20-11-13-23-37-29/h2-24H,1H3,(H3,38,39,40,41,44). The normalized spacial score (nSPS) is 11.5. The van der Waals surface area contributed by atoms with Crippen LogP contribution in [0.3, 0.4) is 0 Å². The van der Waals surface area contributed by atoms with Gasteiger partial charge in [-0.15, -0.1) is 0 Å². The van der Waals surface area contributed by atoms with E-state index in [0.29, 0.717) is 40.2 Å². The van der Waals surface area contributed by atoms with Gasteiger partial charge in [-0.25, -0.2) is 5.43 Å². The molecule has 0 saturated carbocycles. The molecule has 0 bridgehead atoms. The highest BCUT2D eigenvalue weighted by Gasteiger charge is 2.12. The number of hydrazone groups is 2. The fraction of sp³-hybridized carbons (Fsp3) is 0.0286. The Morgan fingerprint density at radius 1 is 0.578 bits per heavy atom. The zero-order chi connectivity index (χ0) is 30.7. The number of rotatable bonds is 11. The van der Waals surface area contributed by atoms with Crippen LogP contribution in [0.4, 0.5) is 23.3 Å². The summed E-state index contributed by atoms with van der Waals surface area (Å²) in [7, 11) is 1.62. The van der Waals surface area contributed by atoms with Crippen LogP contribution in [0.25, 0.3) is 0 Å². The molecule has 3 heterocycles. The van der Waals surface area contributed by atoms with Gasteiger partial charge in [-0.05, 0) is 36.4 Å². The summed E-state index contributed by atoms with van der Waals surface area (Å²) in [5, 5.41) is 12.8. The zero-order valence-corrected chi connectivity index (χ0v) is 24.4. The van der Waals surface area contributed by atoms with E-state index in [9.17, 15) is 0 Å². The van der Waals surface area contributed by atoms with Crippen molar-refractivity contribution >= 4 is 34.7 Å². The Morgan fingerprint density at radius 3 is 1.69 bits per heavy atom. The SMILES string of the molecule is COc1ccccc1Nc1cc(NN=C(c2ccccc2)c2ccccn2)nc(NN=C(c2ccccc2)c2ccccn2)n1. The smallest absolute Gasteiger partial charge is 0.247 e. The number of nitrogens with one attached hydrogen (secondary N) is 3. The number of hydrogen-bond acceptors (Lipinski definition) is 10. The molecule has 10 heteroatoms. The maximum absolute atomic E-state index is 5.54. The molecule has 0 atom stereocenters. The predicted molar refractivity (Wildman–Crippen MR) is 178 cm³/mol. The van der Waals surface area contributed by atoms with Crippen LogP contribution >= 0.6 is 0 Å². The lowest BCUT2D eigenvalue weighted by molar-refractivity contribution is 0.417. The summed E-state index contributed by atoms with van der Waals surface area (Å²) >= 11 is 0. The maximum Gasteiger partial charge on any atom is 0.247 e. The van der Waals surface area contributed by atoms with Gasteiger partial charge in [0.15, 0.2) is 5.82 Å². The van der Waals surface area contributed by atoms with E-state index in [2.05, 4.69) is 36.1 Å². The summed E-state index contributed by atoms with van der Waals surface area (Å²) in [5.41, 5.74) is 11.4. The Labute approximate surface area is 260 Å². The van der Waals surface area contributed by atoms with Gasteiger partial charge in [-0.3, -0.25) is 15.4 Å². The van der Waals surface area contributed by atoms with Crippen molar-refractivity contribution in [3.05, 3.63) is 162 Å². The van der Waals surface area contributed by atoms with E-state index in [1.807, 2.05) is 121 Å². The molecule has 0 saturated heterocycles. The molecule has 45 heavy (non-hydrogen) atoms. The van der Waals surface area contributed by atoms with Crippen LogP contribution in [0.1, 0.15) is 22.5 Å². The molecular formula is C35H29N9O. The van der Waals surface area contributed by atoms with E-state index in [-0.39, 0.29) is 5.95 Å². The number of methoxy groups -OCH3 is 1. The highest BCUT2D eigenvalue weighted by Crippen LogP contribution is 2.27. The molecule has 3 N–H and O–H groups in total. The van der Waals surface area contributed by atoms with Gasteiger partial charge in [-0.1, -0.05) is 84.9 Å². The highest BCUT2D eigenvalue weighted by molar-refractivity contribution is 6.12. The molecule has 0 aliphatic rings. The third kappa shape index (κ3) is 7.33. The van der Waals surface area contributed by atoms with E-state index in [1.54, 1.807) is 25.6 Å². The number of aromatic nitrogens is 4. The summed E-state index contributed by atoms with van der Waals surface area (Å²) in [6.07, 6.45) is 3.47. The van der Waals surface area contributed by atoms with E-state index >= 15 is 0 Å². The third-order valence-corrected chi connectivity index (χ3v) is 6.56. The first-order valence-corrected chi connectivity index (χ1v) is 14.2. The molecule has 3 aromatic heterocycles. The van der Waals surface area contributed by atoms with Crippen molar-refractivity contribution in [3.8, 4) is 5.75 Å². The maximum atomic E-state index is 5.54. The number of ether oxygens (including phenoxy) is 1. The molecule has 3 aromatic carbocycles. The van der Waals surface area contributed by atoms with Crippen molar-refractivity contribution in [2.24, 2.45) is 10.2 Å². The summed E-state index contributed by atoms with van der Waals surface area (Å²) in [6, 6.07) is 40.4. The van der Waals surface area contributed by atoms with Crippen molar-refractivity contribution < 1.29 is 4.74 Å². The third-order valence-electron chi connectivity index (χ3n) is 6.56. The van der Waals surface area contributed by atoms with Crippen LogP contribution in [-0.4, -0.2) is 38.5 Å². The second kappa shape index (κ2) is 14.2. The monoisotopic (exact) mass is 591 g/mol. The number of anilines is 4. The van der Waals surface area contributed by atoms with Gasteiger partial charge in [0, 0.05) is 29.6 Å². The van der Waals surface area contributed by atoms with Crippen LogP contribution < -0.4 is 20.9 Å². The van der Waals surface area contributed by atoms with Crippen molar-refractivity contribution in [2.75, 3.05) is 23.3 Å². The highest BCUT2D eigenvalue weighted by atomic mass is 16.5. The van der Waals surface area contributed by atoms with Gasteiger partial charge < -0.3 is 10.1 Å². The number of nitrogens with zero attached hydrogens (tertiary/aromatic N) is 6. The number of hydrogen-bond donors (Lipinski definition) is 3. The molecule has 0 fully saturated rings. The molecule has 0 aliphatic heterocycles. The van der Waals surface area contributed by atoms with E-state index in [1.165, 1.54) is 0 Å². The average Bonchev–Trinajstić information content (AvgIpc) is 3.10. The molecule has 6 rings (SSSR count). The largest absolute Gasteiger partial charge is 0.495 e. The van der Waals surface area contributed by atoms with Gasteiger partial charge in [0.05, 0.1) is 24.2 Å². The van der Waals surface area contributed by atoms with Crippen LogP contribution in [0.5, 0.6) is 5.75 Å². The quantitative estimate of drug-likeness (QED) is 0.112. The fourth-order valence-electron chi connectivity index (χ4n) is 4.46. The summed E-state index contributed by atoms with van der Waals surface area (Å²) < 4.78 is 5.54. The summed E-state index contributed by atoms with van der Waals surface area (Å²) in [6.45, 7) is 0. The van der Waals surface area contributed by atoms with Gasteiger partial charge in [0.2, 0.25) is 5.95 Å². The molecule has 10 nitrogen and oxygen atoms in total. The predicted octanol–water partition coefficient (Wildman–Crippen LogP) is 6.75. The van der Waals surface area contributed by atoms with Crippen LogP contribution in [0.15, 0.2) is 150 Å². The Bertz CT molecular complexity index is 1700. The number of benzene rings is 3. The van der Waals surface area contributed by atoms with E-state index in [4.69, 9.17) is 14.9 Å². The number of pyridine rings is 2. The van der Waals surface area contributed by atoms with E-state index in [0.717, 1.165) is 16.8 Å². The van der Waals surface area contributed by atoms with Crippen LogP contribution in [0.2, 0.25) is 0 Å². The van der Waals surface area contributed by atoms with Crippen molar-refractivity contribution in [1.29, 1.82) is 0 Å². The van der Waals surface area contributed by atoms with Crippen molar-refractivity contribution in [1.82, 2.24) is 19.9 Å². The Kier molecular flexibility index (Phi) is 9.03. The molecule has 0 aliphatic carbocycles. The second-order valence-electron chi connectivity index (χ2n) is 9.59. The molecule has 0 radical (unpaired) electrons. The van der Waals surface area contributed by atoms with Gasteiger partial charge in [0.1, 0.15) is 23.0 Å². The van der Waals surface area contributed by atoms with Crippen molar-refractivity contribution in [3.63, 3.8) is 0 Å². The minimum Gasteiger partial charge on any atom is -0.495 e. The molecule has 220 valence electrons. The minimum atomic E-state index is 0.232. The number of para-hydroxylation sites is 2. The first-order chi connectivity index (χ1) is 22.3. The van der Waals surface area contributed by atoms with E-state index < -0.39 is 0 Å². The molecular weight excluding hydrogens is 562 g/mol. The lowest BCUT2D eigenvalue weighted by atomic mass is 10.1. The summed E-state index contributed by atoms with van der Waals surface area (Å²) in [4.78, 5) is 18.4. The summed E-state index contributed by atoms with van der Waals surface area (Å²) in [5.74, 6) is 1.81.